The summed E-state index contributed by atoms with van der Waals surface area (Å²) in [4.78, 5) is 50.8. The van der Waals surface area contributed by atoms with Gasteiger partial charge in [-0.1, -0.05) is 23.7 Å². The predicted molar refractivity (Wildman–Crippen MR) is 146 cm³/mol. The molecular weight excluding hydrogens is 536 g/mol. The number of rotatable bonds is 7. The van der Waals surface area contributed by atoms with Crippen molar-refractivity contribution in [3.8, 4) is 11.5 Å². The number of methoxy groups -OCH3 is 1. The van der Waals surface area contributed by atoms with Crippen LogP contribution in [0.1, 0.15) is 49.7 Å². The van der Waals surface area contributed by atoms with Crippen LogP contribution in [0.25, 0.3) is 6.08 Å². The number of benzene rings is 2. The molecule has 40 heavy (non-hydrogen) atoms. The summed E-state index contributed by atoms with van der Waals surface area (Å²) in [6.45, 7) is -0.629. The summed E-state index contributed by atoms with van der Waals surface area (Å²) in [7, 11) is 1.35. The number of hydrogen-bond donors (Lipinski definition) is 2. The molecule has 2 aromatic carbocycles. The van der Waals surface area contributed by atoms with Crippen LogP contribution in [-0.2, 0) is 19.8 Å². The van der Waals surface area contributed by atoms with Gasteiger partial charge >= 0.3 is 12.0 Å². The van der Waals surface area contributed by atoms with Crippen LogP contribution in [0.5, 0.6) is 11.5 Å². The minimum atomic E-state index is -1.19. The molecule has 0 aromatic heterocycles. The van der Waals surface area contributed by atoms with Gasteiger partial charge in [0.2, 0.25) is 0 Å². The molecule has 10 heteroatoms. The fourth-order valence-corrected chi connectivity index (χ4v) is 7.86. The molecule has 0 spiro atoms. The maximum atomic E-state index is 13.5. The van der Waals surface area contributed by atoms with Gasteiger partial charge in [0.05, 0.1) is 17.8 Å². The number of carboxylic acid groups (broad SMARTS) is 1. The summed E-state index contributed by atoms with van der Waals surface area (Å²) in [6, 6.07) is 9.68. The molecule has 0 unspecified atom stereocenters. The first kappa shape index (κ1) is 26.4. The van der Waals surface area contributed by atoms with Gasteiger partial charge in [-0.15, -0.1) is 0 Å². The number of barbiturate groups is 1. The van der Waals surface area contributed by atoms with Crippen molar-refractivity contribution in [1.29, 1.82) is 0 Å². The Hall–Kier alpha value is -3.85. The number of carboxylic acids is 1. The second-order valence-electron chi connectivity index (χ2n) is 11.4. The van der Waals surface area contributed by atoms with Crippen LogP contribution in [0.3, 0.4) is 0 Å². The van der Waals surface area contributed by atoms with Crippen LogP contribution in [0.15, 0.2) is 42.0 Å². The zero-order chi connectivity index (χ0) is 28.2. The summed E-state index contributed by atoms with van der Waals surface area (Å²) in [5.74, 6) is -0.265. The van der Waals surface area contributed by atoms with Gasteiger partial charge in [0.25, 0.3) is 11.8 Å². The molecule has 2 aromatic rings. The molecule has 0 atom stereocenters. The SMILES string of the molecule is COc1cc(/C=C2\C(=O)NC(=O)N(c3ccc(C45CC6CC(CC(C6)C4)C5)cc3)C2=O)cc(Cl)c1OCC(=O)O. The standard InChI is InChI=1S/C30H29ClN2O7/c1-39-24-11-16(10-23(31)26(24)40-15-25(34)35)9-22-27(36)32-29(38)33(28(22)37)21-4-2-20(3-5-21)30-12-17-6-18(13-30)8-19(7-17)14-30/h2-5,9-11,17-19H,6-8,12-15H2,1H3,(H,34,35)(H,32,36,38)/b22-9+. The van der Waals surface area contributed by atoms with Crippen molar-refractivity contribution in [2.75, 3.05) is 18.6 Å². The van der Waals surface area contributed by atoms with Gasteiger partial charge in [0, 0.05) is 0 Å². The van der Waals surface area contributed by atoms with Crippen molar-refractivity contribution in [3.63, 3.8) is 0 Å². The van der Waals surface area contributed by atoms with E-state index >= 15 is 0 Å². The lowest BCUT2D eigenvalue weighted by molar-refractivity contribution is -0.139. The Morgan fingerprint density at radius 2 is 1.70 bits per heavy atom. The molecule has 0 radical (unpaired) electrons. The number of carbonyl (C=O) groups excluding carboxylic acids is 3. The normalized spacial score (nSPS) is 28.1. The molecule has 4 saturated carbocycles. The topological polar surface area (TPSA) is 122 Å². The predicted octanol–water partition coefficient (Wildman–Crippen LogP) is 4.95. The summed E-state index contributed by atoms with van der Waals surface area (Å²) < 4.78 is 10.5. The first-order chi connectivity index (χ1) is 19.2. The van der Waals surface area contributed by atoms with E-state index in [0.29, 0.717) is 11.3 Å². The molecular formula is C30H29ClN2O7. The van der Waals surface area contributed by atoms with E-state index in [-0.39, 0.29) is 27.5 Å². The summed E-state index contributed by atoms with van der Waals surface area (Å²) in [6.07, 6.45) is 8.95. The number of anilines is 1. The van der Waals surface area contributed by atoms with E-state index in [2.05, 4.69) is 5.32 Å². The largest absolute Gasteiger partial charge is 0.493 e. The minimum Gasteiger partial charge on any atom is -0.493 e. The quantitative estimate of drug-likeness (QED) is 0.360. The van der Waals surface area contributed by atoms with Crippen molar-refractivity contribution in [1.82, 2.24) is 5.32 Å². The zero-order valence-corrected chi connectivity index (χ0v) is 22.7. The first-order valence-electron chi connectivity index (χ1n) is 13.4. The average Bonchev–Trinajstić information content (AvgIpc) is 2.89. The van der Waals surface area contributed by atoms with Crippen molar-refractivity contribution in [3.05, 3.63) is 58.1 Å². The molecule has 208 valence electrons. The monoisotopic (exact) mass is 564 g/mol. The fraction of sp³-hybridized carbons (Fsp3) is 0.400. The Morgan fingerprint density at radius 3 is 2.27 bits per heavy atom. The number of nitrogens with zero attached hydrogens (tertiary/aromatic N) is 1. The first-order valence-corrected chi connectivity index (χ1v) is 13.8. The molecule has 5 fully saturated rings. The lowest BCUT2D eigenvalue weighted by atomic mass is 9.48. The fourth-order valence-electron chi connectivity index (χ4n) is 7.58. The maximum Gasteiger partial charge on any atom is 0.341 e. The van der Waals surface area contributed by atoms with E-state index in [4.69, 9.17) is 26.2 Å². The van der Waals surface area contributed by atoms with Crippen LogP contribution in [0, 0.1) is 17.8 Å². The number of amides is 4. The van der Waals surface area contributed by atoms with Crippen LogP contribution in [-0.4, -0.2) is 42.6 Å². The van der Waals surface area contributed by atoms with Crippen LogP contribution in [0.4, 0.5) is 10.5 Å². The second-order valence-corrected chi connectivity index (χ2v) is 11.8. The highest BCUT2D eigenvalue weighted by atomic mass is 35.5. The summed E-state index contributed by atoms with van der Waals surface area (Å²) in [5, 5.41) is 11.2. The number of urea groups is 1. The Bertz CT molecular complexity index is 1410. The van der Waals surface area contributed by atoms with Gasteiger partial charge in [0.15, 0.2) is 18.1 Å². The maximum absolute atomic E-state index is 13.5. The number of imide groups is 2. The molecule has 9 nitrogen and oxygen atoms in total. The third-order valence-electron chi connectivity index (χ3n) is 8.78. The Balaban J connectivity index is 1.27. The zero-order valence-electron chi connectivity index (χ0n) is 21.9. The number of aliphatic carboxylic acids is 1. The molecule has 2 N–H and O–H groups in total. The third kappa shape index (κ3) is 4.62. The molecule has 7 rings (SSSR count). The van der Waals surface area contributed by atoms with Crippen molar-refractivity contribution in [2.24, 2.45) is 17.8 Å². The highest BCUT2D eigenvalue weighted by Gasteiger charge is 2.51. The van der Waals surface area contributed by atoms with Gasteiger partial charge in [0.1, 0.15) is 5.57 Å². The van der Waals surface area contributed by atoms with Crippen molar-refractivity contribution >= 4 is 47.2 Å². The smallest absolute Gasteiger partial charge is 0.341 e. The van der Waals surface area contributed by atoms with Gasteiger partial charge in [-0.05, 0) is 103 Å². The lowest BCUT2D eigenvalue weighted by Crippen LogP contribution is -2.54. The highest BCUT2D eigenvalue weighted by molar-refractivity contribution is 6.39. The Labute approximate surface area is 236 Å². The third-order valence-corrected chi connectivity index (χ3v) is 9.06. The van der Waals surface area contributed by atoms with Crippen molar-refractivity contribution < 1.29 is 33.8 Å². The summed E-state index contributed by atoms with van der Waals surface area (Å²) >= 11 is 6.28. The molecule has 1 saturated heterocycles. The average molecular weight is 565 g/mol. The summed E-state index contributed by atoms with van der Waals surface area (Å²) in [5.41, 5.74) is 1.89. The van der Waals surface area contributed by atoms with Gasteiger partial charge in [-0.25, -0.2) is 14.5 Å². The van der Waals surface area contributed by atoms with E-state index < -0.39 is 30.4 Å². The lowest BCUT2D eigenvalue weighted by Gasteiger charge is -2.57. The van der Waals surface area contributed by atoms with Crippen LogP contribution >= 0.6 is 11.6 Å². The number of nitrogens with one attached hydrogen (secondary N) is 1. The Kier molecular flexibility index (Phi) is 6.57. The second kappa shape index (κ2) is 9.96. The van der Waals surface area contributed by atoms with E-state index in [1.165, 1.54) is 69.4 Å². The van der Waals surface area contributed by atoms with Crippen LogP contribution in [0.2, 0.25) is 5.02 Å². The van der Waals surface area contributed by atoms with Crippen LogP contribution < -0.4 is 19.7 Å². The number of halogens is 1. The van der Waals surface area contributed by atoms with E-state index in [0.717, 1.165) is 22.7 Å². The van der Waals surface area contributed by atoms with Gasteiger partial charge in [-0.2, -0.15) is 0 Å². The number of carbonyl (C=O) groups is 4. The molecule has 1 heterocycles. The molecule has 4 aliphatic carbocycles. The van der Waals surface area contributed by atoms with E-state index in [1.807, 2.05) is 12.1 Å². The molecule has 4 bridgehead atoms. The molecule has 5 aliphatic rings. The molecule has 4 amide bonds. The number of ether oxygens (including phenoxy) is 2. The number of hydrogen-bond acceptors (Lipinski definition) is 6. The van der Waals surface area contributed by atoms with Gasteiger partial charge < -0.3 is 14.6 Å². The Morgan fingerprint density at radius 1 is 1.07 bits per heavy atom. The van der Waals surface area contributed by atoms with E-state index in [9.17, 15) is 19.2 Å². The minimum absolute atomic E-state index is 0.0176. The highest BCUT2D eigenvalue weighted by Crippen LogP contribution is 2.60. The molecule has 1 aliphatic heterocycles. The van der Waals surface area contributed by atoms with Crippen molar-refractivity contribution in [2.45, 2.75) is 43.9 Å². The van der Waals surface area contributed by atoms with E-state index in [1.54, 1.807) is 12.1 Å². The van der Waals surface area contributed by atoms with Gasteiger partial charge in [-0.3, -0.25) is 14.9 Å².